The lowest BCUT2D eigenvalue weighted by Crippen LogP contribution is -2.54. The maximum absolute atomic E-state index is 10.0. The van der Waals surface area contributed by atoms with Gasteiger partial charge in [-0.3, -0.25) is 4.90 Å². The number of aliphatic hydroxyl groups excluding tert-OH is 12. The molecule has 1 unspecified atom stereocenters. The highest BCUT2D eigenvalue weighted by Gasteiger charge is 2.34. The molecule has 0 radical (unpaired) electrons. The number of aliphatic hydroxyl groups is 12. The van der Waals surface area contributed by atoms with E-state index in [0.29, 0.717) is 0 Å². The third-order valence-corrected chi connectivity index (χ3v) is 4.22. The van der Waals surface area contributed by atoms with Crippen molar-refractivity contribution in [3.8, 4) is 0 Å². The summed E-state index contributed by atoms with van der Waals surface area (Å²) in [5.41, 5.74) is 0. The average molecular weight is 419 g/mol. The second kappa shape index (κ2) is 13.7. The minimum Gasteiger partial charge on any atom is -0.394 e. The summed E-state index contributed by atoms with van der Waals surface area (Å²) in [6.45, 7) is -3.85. The van der Waals surface area contributed by atoms with E-state index in [0.717, 1.165) is 4.90 Å². The van der Waals surface area contributed by atoms with Crippen LogP contribution in [0.5, 0.6) is 0 Å². The molecule has 0 rings (SSSR count). The Morgan fingerprint density at radius 1 is 0.429 bits per heavy atom. The van der Waals surface area contributed by atoms with Crippen LogP contribution in [-0.4, -0.2) is 161 Å². The van der Waals surface area contributed by atoms with Crippen LogP contribution >= 0.6 is 0 Å². The van der Waals surface area contributed by atoms with Gasteiger partial charge >= 0.3 is 0 Å². The molecule has 9 atom stereocenters. The zero-order valence-corrected chi connectivity index (χ0v) is 15.3. The second-order valence-electron chi connectivity index (χ2n) is 6.65. The van der Waals surface area contributed by atoms with Crippen molar-refractivity contribution in [1.29, 1.82) is 0 Å². The molecule has 170 valence electrons. The van der Waals surface area contributed by atoms with Gasteiger partial charge in [0.1, 0.15) is 36.6 Å². The van der Waals surface area contributed by atoms with E-state index in [1.807, 2.05) is 0 Å². The molecule has 0 spiro atoms. The Hall–Kier alpha value is -0.520. The third-order valence-electron chi connectivity index (χ3n) is 4.22. The van der Waals surface area contributed by atoms with E-state index in [9.17, 15) is 46.0 Å². The molecule has 0 saturated heterocycles. The van der Waals surface area contributed by atoms with Crippen LogP contribution in [0.1, 0.15) is 0 Å². The summed E-state index contributed by atoms with van der Waals surface area (Å²) in [5, 5.41) is 114. The van der Waals surface area contributed by atoms with Gasteiger partial charge in [0.25, 0.3) is 0 Å². The van der Waals surface area contributed by atoms with Crippen LogP contribution < -0.4 is 0 Å². The fourth-order valence-electron chi connectivity index (χ4n) is 2.45. The van der Waals surface area contributed by atoms with E-state index in [-0.39, 0.29) is 6.54 Å². The van der Waals surface area contributed by atoms with Crippen LogP contribution in [0.4, 0.5) is 0 Å². The third kappa shape index (κ3) is 8.87. The first kappa shape index (κ1) is 27.5. The Labute approximate surface area is 161 Å². The quantitative estimate of drug-likeness (QED) is 0.118. The molecule has 0 bridgehead atoms. The Bertz CT molecular complexity index is 375. The first-order valence-electron chi connectivity index (χ1n) is 8.67. The fraction of sp³-hybridized carbons (Fsp3) is 1.00. The lowest BCUT2D eigenvalue weighted by Gasteiger charge is -2.34. The van der Waals surface area contributed by atoms with Crippen LogP contribution in [0, 0.1) is 0 Å². The van der Waals surface area contributed by atoms with E-state index < -0.39 is 87.8 Å². The first-order chi connectivity index (χ1) is 13.0. The Kier molecular flexibility index (Phi) is 13.4. The summed E-state index contributed by atoms with van der Waals surface area (Å²) in [6.07, 6.45) is -15.9. The zero-order chi connectivity index (χ0) is 22.0. The second-order valence-corrected chi connectivity index (χ2v) is 6.65. The van der Waals surface area contributed by atoms with Gasteiger partial charge in [0.2, 0.25) is 0 Å². The summed E-state index contributed by atoms with van der Waals surface area (Å²) in [4.78, 5) is 1.08. The summed E-state index contributed by atoms with van der Waals surface area (Å²) < 4.78 is 0. The summed E-state index contributed by atoms with van der Waals surface area (Å²) in [7, 11) is 0. The molecule has 0 aliphatic carbocycles. The van der Waals surface area contributed by atoms with Gasteiger partial charge < -0.3 is 61.3 Å². The van der Waals surface area contributed by atoms with Gasteiger partial charge in [-0.25, -0.2) is 0 Å². The molecule has 13 heteroatoms. The average Bonchev–Trinajstić information content (AvgIpc) is 2.69. The maximum atomic E-state index is 10.0. The molecular weight excluding hydrogens is 386 g/mol. The Morgan fingerprint density at radius 2 is 0.750 bits per heavy atom. The lowest BCUT2D eigenvalue weighted by molar-refractivity contribution is -0.132. The molecular formula is C15H33NO12. The summed E-state index contributed by atoms with van der Waals surface area (Å²) in [5.74, 6) is 0. The van der Waals surface area contributed by atoms with E-state index >= 15 is 0 Å². The maximum Gasteiger partial charge on any atom is 0.111 e. The van der Waals surface area contributed by atoms with Crippen molar-refractivity contribution in [2.75, 3.05) is 39.5 Å². The van der Waals surface area contributed by atoms with Crippen molar-refractivity contribution >= 4 is 0 Å². The fourth-order valence-corrected chi connectivity index (χ4v) is 2.45. The van der Waals surface area contributed by atoms with Crippen molar-refractivity contribution < 1.29 is 61.3 Å². The van der Waals surface area contributed by atoms with Gasteiger partial charge in [-0.15, -0.1) is 0 Å². The topological polar surface area (TPSA) is 246 Å². The highest BCUT2D eigenvalue weighted by molar-refractivity contribution is 4.86. The predicted octanol–water partition coefficient (Wildman–Crippen LogP) is -7.49. The van der Waals surface area contributed by atoms with Crippen molar-refractivity contribution in [2.45, 2.75) is 54.9 Å². The monoisotopic (exact) mass is 419 g/mol. The van der Waals surface area contributed by atoms with Crippen LogP contribution in [-0.2, 0) is 0 Å². The molecule has 0 aromatic carbocycles. The summed E-state index contributed by atoms with van der Waals surface area (Å²) in [6, 6.07) is 0. The molecule has 13 nitrogen and oxygen atoms in total. The largest absolute Gasteiger partial charge is 0.394 e. The van der Waals surface area contributed by atoms with Crippen LogP contribution in [0.25, 0.3) is 0 Å². The number of rotatable bonds is 15. The van der Waals surface area contributed by atoms with Gasteiger partial charge in [-0.05, 0) is 0 Å². The molecule has 0 amide bonds. The molecule has 0 heterocycles. The van der Waals surface area contributed by atoms with Gasteiger partial charge in [0.05, 0.1) is 38.1 Å². The van der Waals surface area contributed by atoms with E-state index in [1.54, 1.807) is 0 Å². The smallest absolute Gasteiger partial charge is 0.111 e. The molecule has 28 heavy (non-hydrogen) atoms. The van der Waals surface area contributed by atoms with Crippen LogP contribution in [0.3, 0.4) is 0 Å². The molecule has 0 aliphatic heterocycles. The molecule has 12 N–H and O–H groups in total. The number of nitrogens with zero attached hydrogens (tertiary/aromatic N) is 1. The molecule has 0 aromatic heterocycles. The highest BCUT2D eigenvalue weighted by atomic mass is 16.4. The highest BCUT2D eigenvalue weighted by Crippen LogP contribution is 2.11. The number of hydrogen-bond donors (Lipinski definition) is 12. The number of hydrogen-bond acceptors (Lipinski definition) is 13. The van der Waals surface area contributed by atoms with Crippen LogP contribution in [0.15, 0.2) is 0 Å². The van der Waals surface area contributed by atoms with Crippen molar-refractivity contribution in [3.05, 3.63) is 0 Å². The molecule has 0 saturated carbocycles. The molecule has 0 aromatic rings. The standard InChI is InChI=1S/C15H33NO12/c17-4-7(20)1-16(2-8(21)12(25)14(27)10(23)5-18)3-9(22)13(26)15(28)11(24)6-19/h7-15,17-28H,1-6H2/t7?,8-,9-,10+,11+,12+,13+,14+,15+/m0/s1. The Balaban J connectivity index is 5.07. The SMILES string of the molecule is OCC(O)CN(C[C@H](O)[C@@H](O)[C@H](O)[C@H](O)CO)C[C@H](O)[C@@H](O)[C@H](O)[C@H](O)CO. The normalized spacial score (nSPS) is 22.2. The van der Waals surface area contributed by atoms with E-state index in [2.05, 4.69) is 0 Å². The van der Waals surface area contributed by atoms with Gasteiger partial charge in [0.15, 0.2) is 0 Å². The van der Waals surface area contributed by atoms with Crippen molar-refractivity contribution in [2.24, 2.45) is 0 Å². The zero-order valence-electron chi connectivity index (χ0n) is 15.3. The van der Waals surface area contributed by atoms with Gasteiger partial charge in [0, 0.05) is 19.6 Å². The molecule has 0 fully saturated rings. The van der Waals surface area contributed by atoms with Crippen LogP contribution in [0.2, 0.25) is 0 Å². The van der Waals surface area contributed by atoms with E-state index in [4.69, 9.17) is 15.3 Å². The lowest BCUT2D eigenvalue weighted by atomic mass is 10.0. The van der Waals surface area contributed by atoms with E-state index in [1.165, 1.54) is 0 Å². The van der Waals surface area contributed by atoms with Gasteiger partial charge in [-0.1, -0.05) is 0 Å². The summed E-state index contributed by atoms with van der Waals surface area (Å²) >= 11 is 0. The molecule has 0 aliphatic rings. The Morgan fingerprint density at radius 3 is 1.04 bits per heavy atom. The minimum absolute atomic E-state index is 0.360. The van der Waals surface area contributed by atoms with Crippen molar-refractivity contribution in [3.63, 3.8) is 0 Å². The predicted molar refractivity (Wildman–Crippen MR) is 91.8 cm³/mol. The minimum atomic E-state index is -1.92. The van der Waals surface area contributed by atoms with Crippen molar-refractivity contribution in [1.82, 2.24) is 4.90 Å². The van der Waals surface area contributed by atoms with Gasteiger partial charge in [-0.2, -0.15) is 0 Å². The first-order valence-corrected chi connectivity index (χ1v) is 8.67.